The largest absolute Gasteiger partial charge is 0.461 e. The SMILES string of the molecule is CC[C@H](C)[C@@H](NC(=O)OC(C)(C)C)[C@@H](CC(=O)OCc1ccccc1)O[Si](C)(C)C(C)(C)C. The highest BCUT2D eigenvalue weighted by Gasteiger charge is 2.43. The number of ether oxygens (including phenoxy) is 2. The van der Waals surface area contributed by atoms with E-state index in [1.807, 2.05) is 51.1 Å². The Hall–Kier alpha value is -1.86. The number of hydrogen-bond donors (Lipinski definition) is 1. The van der Waals surface area contributed by atoms with E-state index < -0.39 is 26.1 Å². The maximum atomic E-state index is 12.9. The Kier molecular flexibility index (Phi) is 10.6. The van der Waals surface area contributed by atoms with Crippen molar-refractivity contribution in [1.29, 1.82) is 0 Å². The molecule has 188 valence electrons. The third kappa shape index (κ3) is 10.3. The lowest BCUT2D eigenvalue weighted by molar-refractivity contribution is -0.147. The van der Waals surface area contributed by atoms with Gasteiger partial charge < -0.3 is 19.2 Å². The zero-order valence-corrected chi connectivity index (χ0v) is 23.3. The fourth-order valence-electron chi connectivity index (χ4n) is 3.06. The lowest BCUT2D eigenvalue weighted by Crippen LogP contribution is -2.55. The van der Waals surface area contributed by atoms with E-state index in [1.54, 1.807) is 0 Å². The minimum atomic E-state index is -2.24. The first-order chi connectivity index (χ1) is 15.1. The minimum absolute atomic E-state index is 0.0505. The van der Waals surface area contributed by atoms with Crippen LogP contribution in [0.2, 0.25) is 18.1 Å². The Morgan fingerprint density at radius 1 is 1.03 bits per heavy atom. The van der Waals surface area contributed by atoms with Gasteiger partial charge in [-0.2, -0.15) is 0 Å². The van der Waals surface area contributed by atoms with Crippen molar-refractivity contribution >= 4 is 20.4 Å². The number of hydrogen-bond acceptors (Lipinski definition) is 5. The minimum Gasteiger partial charge on any atom is -0.461 e. The van der Waals surface area contributed by atoms with Crippen LogP contribution in [0.3, 0.4) is 0 Å². The standard InChI is InChI=1S/C26H45NO5Si/c1-11-19(2)23(27-24(29)31-25(3,4)5)21(32-33(9,10)26(6,7)8)17-22(28)30-18-20-15-13-12-14-16-20/h12-16,19,21,23H,11,17-18H2,1-10H3,(H,27,29)/t19-,21+,23+/m0/s1. The third-order valence-corrected chi connectivity index (χ3v) is 10.7. The molecule has 1 aromatic carbocycles. The average Bonchev–Trinajstić information content (AvgIpc) is 2.68. The van der Waals surface area contributed by atoms with Crippen LogP contribution in [0.25, 0.3) is 0 Å². The van der Waals surface area contributed by atoms with E-state index in [1.165, 1.54) is 0 Å². The Morgan fingerprint density at radius 3 is 2.09 bits per heavy atom. The summed E-state index contributed by atoms with van der Waals surface area (Å²) in [6, 6.07) is 9.20. The summed E-state index contributed by atoms with van der Waals surface area (Å²) in [6.07, 6.45) is -0.146. The van der Waals surface area contributed by atoms with E-state index in [-0.39, 0.29) is 36.0 Å². The van der Waals surface area contributed by atoms with Gasteiger partial charge in [-0.05, 0) is 50.4 Å². The van der Waals surface area contributed by atoms with E-state index >= 15 is 0 Å². The zero-order chi connectivity index (χ0) is 25.4. The fourth-order valence-corrected chi connectivity index (χ4v) is 4.40. The molecule has 1 N–H and O–H groups in total. The number of nitrogens with one attached hydrogen (secondary N) is 1. The summed E-state index contributed by atoms with van der Waals surface area (Å²) < 4.78 is 17.8. The highest BCUT2D eigenvalue weighted by molar-refractivity contribution is 6.74. The van der Waals surface area contributed by atoms with Crippen molar-refractivity contribution in [3.05, 3.63) is 35.9 Å². The Labute approximate surface area is 201 Å². The molecule has 0 aromatic heterocycles. The molecule has 33 heavy (non-hydrogen) atoms. The summed E-state index contributed by atoms with van der Waals surface area (Å²) >= 11 is 0. The number of esters is 1. The first-order valence-electron chi connectivity index (χ1n) is 11.9. The smallest absolute Gasteiger partial charge is 0.407 e. The number of carbonyl (C=O) groups is 2. The number of rotatable bonds is 10. The Morgan fingerprint density at radius 2 is 1.61 bits per heavy atom. The molecule has 3 atom stereocenters. The number of amides is 1. The molecule has 0 fully saturated rings. The van der Waals surface area contributed by atoms with E-state index in [9.17, 15) is 9.59 Å². The Balaban J connectivity index is 3.11. The highest BCUT2D eigenvalue weighted by Crippen LogP contribution is 2.38. The predicted octanol–water partition coefficient (Wildman–Crippen LogP) is 6.45. The quantitative estimate of drug-likeness (QED) is 0.308. The molecule has 0 saturated carbocycles. The molecule has 1 amide bonds. The van der Waals surface area contributed by atoms with Crippen molar-refractivity contribution in [3.63, 3.8) is 0 Å². The summed E-state index contributed by atoms with van der Waals surface area (Å²) in [5.74, 6) is -0.268. The lowest BCUT2D eigenvalue weighted by Gasteiger charge is -2.42. The molecule has 1 aromatic rings. The van der Waals surface area contributed by atoms with Crippen LogP contribution in [0.4, 0.5) is 4.79 Å². The van der Waals surface area contributed by atoms with Crippen LogP contribution < -0.4 is 5.32 Å². The van der Waals surface area contributed by atoms with Gasteiger partial charge in [-0.25, -0.2) is 4.79 Å². The van der Waals surface area contributed by atoms with Crippen molar-refractivity contribution in [2.24, 2.45) is 5.92 Å². The fraction of sp³-hybridized carbons (Fsp3) is 0.692. The summed E-state index contributed by atoms with van der Waals surface area (Å²) in [6.45, 7) is 20.6. The summed E-state index contributed by atoms with van der Waals surface area (Å²) in [7, 11) is -2.24. The van der Waals surface area contributed by atoms with Crippen LogP contribution in [0.1, 0.15) is 73.8 Å². The predicted molar refractivity (Wildman–Crippen MR) is 136 cm³/mol. The van der Waals surface area contributed by atoms with Crippen molar-refractivity contribution in [2.45, 2.75) is 111 Å². The van der Waals surface area contributed by atoms with E-state index in [0.717, 1.165) is 12.0 Å². The van der Waals surface area contributed by atoms with E-state index in [4.69, 9.17) is 13.9 Å². The summed E-state index contributed by atoms with van der Waals surface area (Å²) in [5.41, 5.74) is 0.312. The van der Waals surface area contributed by atoms with Crippen LogP contribution in [-0.4, -0.2) is 38.1 Å². The zero-order valence-electron chi connectivity index (χ0n) is 22.3. The molecule has 0 aliphatic carbocycles. The van der Waals surface area contributed by atoms with Gasteiger partial charge >= 0.3 is 12.1 Å². The van der Waals surface area contributed by atoms with E-state index in [2.05, 4.69) is 53.0 Å². The molecule has 0 aliphatic heterocycles. The molecule has 0 spiro atoms. The van der Waals surface area contributed by atoms with Crippen LogP contribution >= 0.6 is 0 Å². The van der Waals surface area contributed by atoms with Crippen LogP contribution in [-0.2, 0) is 25.3 Å². The van der Waals surface area contributed by atoms with Gasteiger partial charge in [0.15, 0.2) is 8.32 Å². The third-order valence-electron chi connectivity index (χ3n) is 6.20. The topological polar surface area (TPSA) is 73.9 Å². The molecule has 0 heterocycles. The number of carbonyl (C=O) groups excluding carboxylic acids is 2. The number of benzene rings is 1. The second-order valence-corrected chi connectivity index (χ2v) is 16.1. The van der Waals surface area contributed by atoms with Crippen molar-refractivity contribution < 1.29 is 23.5 Å². The molecule has 1 rings (SSSR count). The second-order valence-electron chi connectivity index (χ2n) is 11.3. The summed E-state index contributed by atoms with van der Waals surface area (Å²) in [4.78, 5) is 25.5. The van der Waals surface area contributed by atoms with Gasteiger partial charge in [-0.15, -0.1) is 0 Å². The second kappa shape index (κ2) is 12.0. The molecule has 6 nitrogen and oxygen atoms in total. The molecule has 0 saturated heterocycles. The summed E-state index contributed by atoms with van der Waals surface area (Å²) in [5, 5.41) is 2.96. The van der Waals surface area contributed by atoms with Crippen molar-refractivity contribution in [2.75, 3.05) is 0 Å². The first-order valence-corrected chi connectivity index (χ1v) is 14.8. The van der Waals surface area contributed by atoms with Gasteiger partial charge in [0.2, 0.25) is 0 Å². The lowest BCUT2D eigenvalue weighted by atomic mass is 9.93. The molecule has 0 aliphatic rings. The highest BCUT2D eigenvalue weighted by atomic mass is 28.4. The van der Waals surface area contributed by atoms with Gasteiger partial charge in [-0.1, -0.05) is 71.4 Å². The first kappa shape index (κ1) is 29.2. The van der Waals surface area contributed by atoms with Gasteiger partial charge in [0.1, 0.15) is 12.2 Å². The molecule has 0 unspecified atom stereocenters. The van der Waals surface area contributed by atoms with Gasteiger partial charge in [-0.3, -0.25) is 4.79 Å². The van der Waals surface area contributed by atoms with Crippen molar-refractivity contribution in [3.8, 4) is 0 Å². The molecule has 7 heteroatoms. The van der Waals surface area contributed by atoms with E-state index in [0.29, 0.717) is 0 Å². The van der Waals surface area contributed by atoms with Crippen molar-refractivity contribution in [1.82, 2.24) is 5.32 Å². The molecule has 0 bridgehead atoms. The molecular formula is C26H45NO5Si. The van der Waals surface area contributed by atoms with Gasteiger partial charge in [0.25, 0.3) is 0 Å². The van der Waals surface area contributed by atoms with Crippen LogP contribution in [0.15, 0.2) is 30.3 Å². The maximum Gasteiger partial charge on any atom is 0.407 e. The van der Waals surface area contributed by atoms with Gasteiger partial charge in [0, 0.05) is 0 Å². The molecule has 0 radical (unpaired) electrons. The Bertz CT molecular complexity index is 752. The van der Waals surface area contributed by atoms with Crippen LogP contribution in [0, 0.1) is 5.92 Å². The average molecular weight is 480 g/mol. The molecular weight excluding hydrogens is 434 g/mol. The van der Waals surface area contributed by atoms with Gasteiger partial charge in [0.05, 0.1) is 18.6 Å². The maximum absolute atomic E-state index is 12.9. The monoisotopic (exact) mass is 479 g/mol. The van der Waals surface area contributed by atoms with Crippen LogP contribution in [0.5, 0.6) is 0 Å². The normalized spacial score (nSPS) is 15.3. The number of alkyl carbamates (subject to hydrolysis) is 1.